The number of benzene rings is 2. The molecule has 0 aliphatic carbocycles. The summed E-state index contributed by atoms with van der Waals surface area (Å²) < 4.78 is 42.9. The maximum absolute atomic E-state index is 12.6. The van der Waals surface area contributed by atoms with Gasteiger partial charge in [-0.3, -0.25) is 4.79 Å². The van der Waals surface area contributed by atoms with E-state index in [4.69, 9.17) is 13.9 Å². The third-order valence-corrected chi connectivity index (χ3v) is 5.90. The average molecular weight is 443 g/mol. The van der Waals surface area contributed by atoms with Gasteiger partial charge in [0.1, 0.15) is 11.5 Å². The minimum absolute atomic E-state index is 0.0313. The van der Waals surface area contributed by atoms with Crippen molar-refractivity contribution in [3.8, 4) is 5.75 Å². The molecule has 1 aromatic heterocycles. The molecule has 1 heterocycles. The molecule has 0 spiro atoms. The van der Waals surface area contributed by atoms with Crippen LogP contribution in [0.15, 0.2) is 70.2 Å². The highest BCUT2D eigenvalue weighted by Crippen LogP contribution is 2.20. The molecule has 31 heavy (non-hydrogen) atoms. The van der Waals surface area contributed by atoms with Crippen LogP contribution in [0.4, 0.5) is 0 Å². The summed E-state index contributed by atoms with van der Waals surface area (Å²) >= 11 is 0. The summed E-state index contributed by atoms with van der Waals surface area (Å²) in [4.78, 5) is 24.8. The fraction of sp³-hybridized carbons (Fsp3) is 0.182. The normalized spacial score (nSPS) is 11.2. The van der Waals surface area contributed by atoms with Gasteiger partial charge in [-0.15, -0.1) is 0 Å². The number of hydrogen-bond acceptors (Lipinski definition) is 7. The Bertz CT molecular complexity index is 1180. The Morgan fingerprint density at radius 1 is 1.03 bits per heavy atom. The van der Waals surface area contributed by atoms with Crippen molar-refractivity contribution in [2.75, 3.05) is 13.7 Å². The van der Waals surface area contributed by atoms with E-state index >= 15 is 0 Å². The predicted octanol–water partition coefficient (Wildman–Crippen LogP) is 3.11. The Labute approximate surface area is 179 Å². The first kappa shape index (κ1) is 22.3. The number of sulfonamides is 1. The van der Waals surface area contributed by atoms with Gasteiger partial charge >= 0.3 is 5.97 Å². The van der Waals surface area contributed by atoms with Crippen molar-refractivity contribution >= 4 is 21.8 Å². The van der Waals surface area contributed by atoms with Gasteiger partial charge in [-0.1, -0.05) is 18.2 Å². The van der Waals surface area contributed by atoms with Crippen LogP contribution in [0, 0.1) is 6.92 Å². The van der Waals surface area contributed by atoms with Crippen LogP contribution in [-0.4, -0.2) is 33.9 Å². The van der Waals surface area contributed by atoms with Gasteiger partial charge in [-0.2, -0.15) is 0 Å². The topological polar surface area (TPSA) is 112 Å². The van der Waals surface area contributed by atoms with Gasteiger partial charge in [0.15, 0.2) is 6.61 Å². The third kappa shape index (κ3) is 5.39. The number of ether oxygens (including phenoxy) is 2. The van der Waals surface area contributed by atoms with Crippen LogP contribution in [0.3, 0.4) is 0 Å². The minimum Gasteiger partial charge on any atom is -0.496 e. The molecule has 0 amide bonds. The Balaban J connectivity index is 1.72. The van der Waals surface area contributed by atoms with E-state index in [1.54, 1.807) is 43.3 Å². The zero-order valence-electron chi connectivity index (χ0n) is 17.0. The van der Waals surface area contributed by atoms with Gasteiger partial charge in [0.2, 0.25) is 15.8 Å². The summed E-state index contributed by atoms with van der Waals surface area (Å²) in [5.74, 6) is -0.420. The molecule has 3 aromatic rings. The van der Waals surface area contributed by atoms with Gasteiger partial charge in [-0.25, -0.2) is 17.9 Å². The number of para-hydroxylation sites is 1. The zero-order valence-corrected chi connectivity index (χ0v) is 17.8. The molecule has 0 radical (unpaired) electrons. The quantitative estimate of drug-likeness (QED) is 0.399. The molecule has 3 rings (SSSR count). The first-order valence-corrected chi connectivity index (χ1v) is 10.8. The number of carbonyl (C=O) groups is 2. The molecule has 0 bridgehead atoms. The molecule has 1 N–H and O–H groups in total. The molecule has 2 aromatic carbocycles. The lowest BCUT2D eigenvalue weighted by molar-refractivity contribution is 0.0473. The third-order valence-electron chi connectivity index (χ3n) is 4.50. The number of furan rings is 1. The number of esters is 1. The van der Waals surface area contributed by atoms with Crippen LogP contribution in [0.2, 0.25) is 0 Å². The molecule has 0 atom stereocenters. The molecule has 0 aliphatic heterocycles. The smallest absolute Gasteiger partial charge is 0.338 e. The highest BCUT2D eigenvalue weighted by molar-refractivity contribution is 7.89. The molecule has 0 aliphatic rings. The Hall–Kier alpha value is -3.43. The molecule has 162 valence electrons. The SMILES string of the molecule is COc1ccccc1C(=O)COC(=O)c1cc(S(=O)(=O)NCc2ccco2)ccc1C. The van der Waals surface area contributed by atoms with Crippen molar-refractivity contribution in [1.82, 2.24) is 4.72 Å². The molecule has 0 unspecified atom stereocenters. The zero-order chi connectivity index (χ0) is 22.4. The lowest BCUT2D eigenvalue weighted by atomic mass is 10.1. The Morgan fingerprint density at radius 3 is 2.52 bits per heavy atom. The summed E-state index contributed by atoms with van der Waals surface area (Å²) in [7, 11) is -2.46. The predicted molar refractivity (Wildman–Crippen MR) is 112 cm³/mol. The second kappa shape index (κ2) is 9.59. The fourth-order valence-corrected chi connectivity index (χ4v) is 3.83. The molecule has 0 fully saturated rings. The van der Waals surface area contributed by atoms with E-state index in [2.05, 4.69) is 4.72 Å². The fourth-order valence-electron chi connectivity index (χ4n) is 2.81. The molecular formula is C22H21NO7S. The highest BCUT2D eigenvalue weighted by atomic mass is 32.2. The van der Waals surface area contributed by atoms with Crippen molar-refractivity contribution in [3.05, 3.63) is 83.3 Å². The van der Waals surface area contributed by atoms with Crippen LogP contribution in [0.25, 0.3) is 0 Å². The summed E-state index contributed by atoms with van der Waals surface area (Å²) in [6.07, 6.45) is 1.44. The van der Waals surface area contributed by atoms with E-state index in [0.717, 1.165) is 0 Å². The summed E-state index contributed by atoms with van der Waals surface area (Å²) in [5.41, 5.74) is 0.849. The van der Waals surface area contributed by atoms with Crippen molar-refractivity contribution in [2.24, 2.45) is 0 Å². The molecule has 9 heteroatoms. The standard InChI is InChI=1S/C22H21NO7S/c1-15-9-10-17(31(26,27)23-13-16-6-5-11-29-16)12-19(15)22(25)30-14-20(24)18-7-3-4-8-21(18)28-2/h3-12,23H,13-14H2,1-2H3. The van der Waals surface area contributed by atoms with Gasteiger partial charge in [0, 0.05) is 0 Å². The number of ketones is 1. The second-order valence-electron chi connectivity index (χ2n) is 6.58. The largest absolute Gasteiger partial charge is 0.496 e. The van der Waals surface area contributed by atoms with Crippen molar-refractivity contribution < 1.29 is 31.9 Å². The molecule has 0 saturated carbocycles. The first-order chi connectivity index (χ1) is 14.8. The Kier molecular flexibility index (Phi) is 6.88. The first-order valence-electron chi connectivity index (χ1n) is 9.28. The van der Waals surface area contributed by atoms with Gasteiger partial charge in [0.05, 0.1) is 35.9 Å². The summed E-state index contributed by atoms with van der Waals surface area (Å²) in [5, 5.41) is 0. The minimum atomic E-state index is -3.89. The van der Waals surface area contributed by atoms with E-state index in [0.29, 0.717) is 17.1 Å². The lowest BCUT2D eigenvalue weighted by Crippen LogP contribution is -2.23. The number of rotatable bonds is 9. The van der Waals surface area contributed by atoms with E-state index in [-0.39, 0.29) is 22.6 Å². The summed E-state index contributed by atoms with van der Waals surface area (Å²) in [6, 6.07) is 14.0. The number of hydrogen-bond donors (Lipinski definition) is 1. The lowest BCUT2D eigenvalue weighted by Gasteiger charge is -2.11. The van der Waals surface area contributed by atoms with Gasteiger partial charge in [0.25, 0.3) is 0 Å². The maximum Gasteiger partial charge on any atom is 0.338 e. The van der Waals surface area contributed by atoms with E-state index < -0.39 is 28.4 Å². The van der Waals surface area contributed by atoms with Crippen LogP contribution >= 0.6 is 0 Å². The van der Waals surface area contributed by atoms with Crippen LogP contribution < -0.4 is 9.46 Å². The van der Waals surface area contributed by atoms with E-state index in [9.17, 15) is 18.0 Å². The summed E-state index contributed by atoms with van der Waals surface area (Å²) in [6.45, 7) is 1.11. The van der Waals surface area contributed by atoms with Crippen LogP contribution in [0.1, 0.15) is 32.0 Å². The number of nitrogens with one attached hydrogen (secondary N) is 1. The molecular weight excluding hydrogens is 422 g/mol. The van der Waals surface area contributed by atoms with Crippen molar-refractivity contribution in [3.63, 3.8) is 0 Å². The Morgan fingerprint density at radius 2 is 1.81 bits per heavy atom. The molecule has 8 nitrogen and oxygen atoms in total. The van der Waals surface area contributed by atoms with Gasteiger partial charge in [-0.05, 0) is 48.9 Å². The molecule has 0 saturated heterocycles. The number of methoxy groups -OCH3 is 1. The number of carbonyl (C=O) groups excluding carboxylic acids is 2. The second-order valence-corrected chi connectivity index (χ2v) is 8.35. The van der Waals surface area contributed by atoms with Crippen molar-refractivity contribution in [1.29, 1.82) is 0 Å². The van der Waals surface area contributed by atoms with Crippen LogP contribution in [0.5, 0.6) is 5.75 Å². The van der Waals surface area contributed by atoms with Crippen LogP contribution in [-0.2, 0) is 21.3 Å². The highest BCUT2D eigenvalue weighted by Gasteiger charge is 2.20. The maximum atomic E-state index is 12.6. The monoisotopic (exact) mass is 443 g/mol. The van der Waals surface area contributed by atoms with E-state index in [1.165, 1.54) is 31.6 Å². The average Bonchev–Trinajstić information content (AvgIpc) is 3.30. The van der Waals surface area contributed by atoms with Crippen molar-refractivity contribution in [2.45, 2.75) is 18.4 Å². The van der Waals surface area contributed by atoms with E-state index in [1.807, 2.05) is 0 Å². The number of aryl methyl sites for hydroxylation is 1. The van der Waals surface area contributed by atoms with Gasteiger partial charge < -0.3 is 13.9 Å². The number of Topliss-reactive ketones (excluding diaryl/α,β-unsaturated/α-hetero) is 1.